The SMILES string of the molecule is CC(C)C(N)C(=O)NC(C(=O)NC1C(O)OC(CO)C(O)C1O)C(C)C. The number of hydrogen-bond acceptors (Lipinski definition) is 8. The number of aliphatic hydroxyl groups excluding tert-OH is 4. The lowest BCUT2D eigenvalue weighted by atomic mass is 9.95. The predicted molar refractivity (Wildman–Crippen MR) is 91.5 cm³/mol. The molecule has 1 saturated heterocycles. The van der Waals surface area contributed by atoms with Crippen molar-refractivity contribution in [3.05, 3.63) is 0 Å². The minimum Gasteiger partial charge on any atom is -0.394 e. The highest BCUT2D eigenvalue weighted by molar-refractivity contribution is 5.90. The molecule has 1 fully saturated rings. The molecule has 0 aromatic rings. The minimum absolute atomic E-state index is 0.119. The number of hydrogen-bond donors (Lipinski definition) is 7. The highest BCUT2D eigenvalue weighted by Crippen LogP contribution is 2.20. The van der Waals surface area contributed by atoms with Crippen molar-refractivity contribution in [2.24, 2.45) is 17.6 Å². The van der Waals surface area contributed by atoms with Crippen LogP contribution < -0.4 is 16.4 Å². The van der Waals surface area contributed by atoms with Crippen molar-refractivity contribution in [3.63, 3.8) is 0 Å². The molecule has 1 aliphatic heterocycles. The maximum absolute atomic E-state index is 12.6. The van der Waals surface area contributed by atoms with E-state index in [1.807, 2.05) is 0 Å². The molecular formula is C16H31N3O7. The van der Waals surface area contributed by atoms with E-state index >= 15 is 0 Å². The lowest BCUT2D eigenvalue weighted by Gasteiger charge is -2.41. The first-order valence-corrected chi connectivity index (χ1v) is 8.68. The standard InChI is InChI=1S/C16H31N3O7/c1-6(2)9(17)14(23)18-10(7(3)4)15(24)19-11-13(22)12(21)8(5-20)26-16(11)25/h6-13,16,20-22,25H,5,17H2,1-4H3,(H,18,23)(H,19,24). The molecule has 0 saturated carbocycles. The average Bonchev–Trinajstić information content (AvgIpc) is 2.57. The van der Waals surface area contributed by atoms with E-state index in [-0.39, 0.29) is 11.8 Å². The van der Waals surface area contributed by atoms with Gasteiger partial charge in [0.2, 0.25) is 11.8 Å². The van der Waals surface area contributed by atoms with Crippen molar-refractivity contribution >= 4 is 11.8 Å². The Morgan fingerprint density at radius 2 is 1.62 bits per heavy atom. The molecule has 0 aromatic carbocycles. The molecule has 1 heterocycles. The summed E-state index contributed by atoms with van der Waals surface area (Å²) in [6.07, 6.45) is -5.84. The van der Waals surface area contributed by atoms with E-state index < -0.39 is 61.1 Å². The lowest BCUT2D eigenvalue weighted by molar-refractivity contribution is -0.254. The molecule has 7 unspecified atom stereocenters. The number of ether oxygens (including phenoxy) is 1. The fraction of sp³-hybridized carbons (Fsp3) is 0.875. The van der Waals surface area contributed by atoms with Gasteiger partial charge in [0.05, 0.1) is 12.6 Å². The fourth-order valence-electron chi connectivity index (χ4n) is 2.59. The Hall–Kier alpha value is -1.30. The molecule has 26 heavy (non-hydrogen) atoms. The first kappa shape index (κ1) is 22.7. The zero-order chi connectivity index (χ0) is 20.2. The second kappa shape index (κ2) is 9.58. The van der Waals surface area contributed by atoms with Gasteiger partial charge in [0.1, 0.15) is 30.4 Å². The quantitative estimate of drug-likeness (QED) is 0.246. The molecule has 1 rings (SSSR count). The summed E-state index contributed by atoms with van der Waals surface area (Å²) in [5, 5.41) is 43.9. The largest absolute Gasteiger partial charge is 0.394 e. The lowest BCUT2D eigenvalue weighted by Crippen LogP contribution is -2.66. The van der Waals surface area contributed by atoms with Crippen molar-refractivity contribution in [2.45, 2.75) is 70.4 Å². The molecule has 7 atom stereocenters. The third-order valence-electron chi connectivity index (χ3n) is 4.48. The van der Waals surface area contributed by atoms with Gasteiger partial charge >= 0.3 is 0 Å². The van der Waals surface area contributed by atoms with E-state index in [0.717, 1.165) is 0 Å². The Balaban J connectivity index is 2.82. The number of carbonyl (C=O) groups excluding carboxylic acids is 2. The molecule has 1 aliphatic rings. The van der Waals surface area contributed by atoms with Crippen LogP contribution in [-0.4, -0.2) is 81.6 Å². The van der Waals surface area contributed by atoms with Crippen LogP contribution in [0.5, 0.6) is 0 Å². The third-order valence-corrected chi connectivity index (χ3v) is 4.48. The van der Waals surface area contributed by atoms with Gasteiger partial charge in [-0.1, -0.05) is 27.7 Å². The molecule has 2 amide bonds. The fourth-order valence-corrected chi connectivity index (χ4v) is 2.59. The van der Waals surface area contributed by atoms with E-state index in [2.05, 4.69) is 10.6 Å². The van der Waals surface area contributed by atoms with Gasteiger partial charge in [-0.15, -0.1) is 0 Å². The highest BCUT2D eigenvalue weighted by atomic mass is 16.6. The van der Waals surface area contributed by atoms with Crippen molar-refractivity contribution in [3.8, 4) is 0 Å². The molecule has 10 nitrogen and oxygen atoms in total. The number of rotatable bonds is 7. The molecule has 152 valence electrons. The summed E-state index contributed by atoms with van der Waals surface area (Å²) in [6.45, 7) is 6.38. The minimum atomic E-state index is -1.63. The first-order valence-electron chi connectivity index (χ1n) is 8.68. The van der Waals surface area contributed by atoms with Crippen LogP contribution in [0.1, 0.15) is 27.7 Å². The summed E-state index contributed by atoms with van der Waals surface area (Å²) in [5.74, 6) is -1.57. The summed E-state index contributed by atoms with van der Waals surface area (Å²) >= 11 is 0. The van der Waals surface area contributed by atoms with Gasteiger partial charge in [-0.05, 0) is 11.8 Å². The number of aliphatic hydroxyl groups is 4. The van der Waals surface area contributed by atoms with Crippen LogP contribution in [0, 0.1) is 11.8 Å². The molecule has 0 aromatic heterocycles. The van der Waals surface area contributed by atoms with Crippen molar-refractivity contribution in [2.75, 3.05) is 6.61 Å². The summed E-state index contributed by atoms with van der Waals surface area (Å²) in [6, 6.07) is -3.07. The average molecular weight is 377 g/mol. The van der Waals surface area contributed by atoms with Crippen LogP contribution >= 0.6 is 0 Å². The maximum atomic E-state index is 12.6. The third kappa shape index (κ3) is 5.35. The van der Waals surface area contributed by atoms with Crippen LogP contribution in [0.2, 0.25) is 0 Å². The van der Waals surface area contributed by atoms with E-state index in [1.54, 1.807) is 27.7 Å². The number of nitrogens with two attached hydrogens (primary N) is 1. The molecule has 0 bridgehead atoms. The van der Waals surface area contributed by atoms with Gasteiger partial charge in [0.25, 0.3) is 0 Å². The Morgan fingerprint density at radius 3 is 2.08 bits per heavy atom. The van der Waals surface area contributed by atoms with E-state index in [1.165, 1.54) is 0 Å². The zero-order valence-corrected chi connectivity index (χ0v) is 15.5. The molecule has 10 heteroatoms. The van der Waals surface area contributed by atoms with Gasteiger partial charge < -0.3 is 41.5 Å². The molecule has 0 spiro atoms. The second-order valence-electron chi connectivity index (χ2n) is 7.26. The van der Waals surface area contributed by atoms with Crippen LogP contribution in [0.4, 0.5) is 0 Å². The Bertz CT molecular complexity index is 488. The zero-order valence-electron chi connectivity index (χ0n) is 15.5. The highest BCUT2D eigenvalue weighted by Gasteiger charge is 2.45. The number of amides is 2. The Morgan fingerprint density at radius 1 is 1.04 bits per heavy atom. The van der Waals surface area contributed by atoms with Gasteiger partial charge in [-0.25, -0.2) is 0 Å². The van der Waals surface area contributed by atoms with Gasteiger partial charge in [-0.3, -0.25) is 9.59 Å². The molecule has 0 aliphatic carbocycles. The van der Waals surface area contributed by atoms with Gasteiger partial charge in [0.15, 0.2) is 6.29 Å². The van der Waals surface area contributed by atoms with E-state index in [4.69, 9.17) is 15.6 Å². The van der Waals surface area contributed by atoms with E-state index in [9.17, 15) is 24.9 Å². The topological polar surface area (TPSA) is 174 Å². The van der Waals surface area contributed by atoms with Gasteiger partial charge in [0, 0.05) is 0 Å². The molecular weight excluding hydrogens is 346 g/mol. The monoisotopic (exact) mass is 377 g/mol. The predicted octanol–water partition coefficient (Wildman–Crippen LogP) is -2.97. The first-order chi connectivity index (χ1) is 12.0. The van der Waals surface area contributed by atoms with Crippen molar-refractivity contribution < 1.29 is 34.8 Å². The normalized spacial score (nSPS) is 31.6. The van der Waals surface area contributed by atoms with Crippen LogP contribution in [-0.2, 0) is 14.3 Å². The molecule has 0 radical (unpaired) electrons. The number of carbonyl (C=O) groups is 2. The van der Waals surface area contributed by atoms with Gasteiger partial charge in [-0.2, -0.15) is 0 Å². The summed E-state index contributed by atoms with van der Waals surface area (Å²) in [7, 11) is 0. The summed E-state index contributed by atoms with van der Waals surface area (Å²) < 4.78 is 5.00. The van der Waals surface area contributed by atoms with E-state index in [0.29, 0.717) is 0 Å². The van der Waals surface area contributed by atoms with Crippen molar-refractivity contribution in [1.82, 2.24) is 10.6 Å². The molecule has 8 N–H and O–H groups in total. The van der Waals surface area contributed by atoms with Crippen LogP contribution in [0.25, 0.3) is 0 Å². The van der Waals surface area contributed by atoms with Crippen molar-refractivity contribution in [1.29, 1.82) is 0 Å². The van der Waals surface area contributed by atoms with Crippen LogP contribution in [0.3, 0.4) is 0 Å². The summed E-state index contributed by atoms with van der Waals surface area (Å²) in [5.41, 5.74) is 5.79. The maximum Gasteiger partial charge on any atom is 0.243 e. The second-order valence-corrected chi connectivity index (χ2v) is 7.26. The van der Waals surface area contributed by atoms with Crippen LogP contribution in [0.15, 0.2) is 0 Å². The number of nitrogens with one attached hydrogen (secondary N) is 2. The Kier molecular flexibility index (Phi) is 8.38. The Labute approximate surface area is 152 Å². The summed E-state index contributed by atoms with van der Waals surface area (Å²) in [4.78, 5) is 24.7. The smallest absolute Gasteiger partial charge is 0.243 e.